The summed E-state index contributed by atoms with van der Waals surface area (Å²) in [4.78, 5) is 12.4. The highest BCUT2D eigenvalue weighted by Crippen LogP contribution is 2.15. The minimum atomic E-state index is 0.358. The maximum absolute atomic E-state index is 12.4. The maximum Gasteiger partial charge on any atom is 0.313 e. The quantitative estimate of drug-likeness (QED) is 0.356. The number of hydrogen-bond donors (Lipinski definition) is 0. The Labute approximate surface area is 143 Å². The van der Waals surface area contributed by atoms with Crippen molar-refractivity contribution < 1.29 is 9.28 Å². The Kier molecular flexibility index (Phi) is 9.86. The molecule has 0 heterocycles. The van der Waals surface area contributed by atoms with Gasteiger partial charge in [0.25, 0.3) is 0 Å². The highest BCUT2D eigenvalue weighted by atomic mass is 16.2. The number of rotatable bonds is 12. The molecule has 0 aromatic heterocycles. The van der Waals surface area contributed by atoms with Crippen molar-refractivity contribution in [2.24, 2.45) is 0 Å². The van der Waals surface area contributed by atoms with E-state index in [1.165, 1.54) is 56.9 Å². The molecule has 0 N–H and O–H groups in total. The van der Waals surface area contributed by atoms with Crippen molar-refractivity contribution in [1.82, 2.24) is 0 Å². The van der Waals surface area contributed by atoms with Crippen LogP contribution in [0.2, 0.25) is 0 Å². The van der Waals surface area contributed by atoms with Gasteiger partial charge in [0, 0.05) is 5.56 Å². The van der Waals surface area contributed by atoms with Gasteiger partial charge in [-0.1, -0.05) is 88.6 Å². The second-order valence-corrected chi connectivity index (χ2v) is 7.30. The van der Waals surface area contributed by atoms with Gasteiger partial charge in [-0.15, -0.1) is 0 Å². The molecule has 0 radical (unpaired) electrons. The maximum atomic E-state index is 12.4. The molecule has 23 heavy (non-hydrogen) atoms. The van der Waals surface area contributed by atoms with Gasteiger partial charge in [-0.25, -0.2) is 4.79 Å². The van der Waals surface area contributed by atoms with Gasteiger partial charge >= 0.3 is 5.91 Å². The molecule has 2 nitrogen and oxygen atoms in total. The fourth-order valence-electron chi connectivity index (χ4n) is 3.02. The van der Waals surface area contributed by atoms with Crippen molar-refractivity contribution in [1.29, 1.82) is 0 Å². The third kappa shape index (κ3) is 8.90. The van der Waals surface area contributed by atoms with Gasteiger partial charge in [-0.2, -0.15) is 0 Å². The van der Waals surface area contributed by atoms with E-state index in [-0.39, 0.29) is 0 Å². The van der Waals surface area contributed by atoms with Crippen LogP contribution >= 0.6 is 0 Å². The predicted octanol–water partition coefficient (Wildman–Crippen LogP) is 5.71. The molecule has 2 heteroatoms. The third-order valence-corrected chi connectivity index (χ3v) is 4.59. The lowest BCUT2D eigenvalue weighted by molar-refractivity contribution is -0.828. The molecule has 0 aliphatic heterocycles. The summed E-state index contributed by atoms with van der Waals surface area (Å²) in [5.74, 6) is 0.358. The van der Waals surface area contributed by atoms with E-state index in [0.29, 0.717) is 10.4 Å². The summed E-state index contributed by atoms with van der Waals surface area (Å²) < 4.78 is 0.459. The molecule has 0 aliphatic carbocycles. The van der Waals surface area contributed by atoms with Crippen LogP contribution in [-0.4, -0.2) is 24.5 Å². The second kappa shape index (κ2) is 11.4. The molecular weight excluding hydrogens is 282 g/mol. The Bertz CT molecular complexity index is 425. The summed E-state index contributed by atoms with van der Waals surface area (Å²) in [5.41, 5.74) is 1.23. The number of carbonyl (C=O) groups is 1. The van der Waals surface area contributed by atoms with Crippen LogP contribution in [0.4, 0.5) is 0 Å². The van der Waals surface area contributed by atoms with Gasteiger partial charge in [0.05, 0.1) is 20.5 Å². The molecule has 0 saturated heterocycles. The first kappa shape index (κ1) is 19.9. The van der Waals surface area contributed by atoms with Gasteiger partial charge < -0.3 is 0 Å². The van der Waals surface area contributed by atoms with Crippen molar-refractivity contribution in [3.05, 3.63) is 35.9 Å². The van der Waals surface area contributed by atoms with Crippen molar-refractivity contribution in [3.63, 3.8) is 0 Å². The molecule has 0 spiro atoms. The van der Waals surface area contributed by atoms with Crippen molar-refractivity contribution in [3.8, 4) is 0 Å². The van der Waals surface area contributed by atoms with Crippen LogP contribution in [0.25, 0.3) is 0 Å². The summed E-state index contributed by atoms with van der Waals surface area (Å²) in [7, 11) is 4.06. The molecule has 1 rings (SSSR count). The normalized spacial score (nSPS) is 11.6. The highest BCUT2D eigenvalue weighted by molar-refractivity contribution is 5.68. The Morgan fingerprint density at radius 2 is 1.35 bits per heavy atom. The van der Waals surface area contributed by atoms with E-state index in [2.05, 4.69) is 19.1 Å². The molecule has 1 amide bonds. The molecule has 0 atom stereocenters. The number of nitrogens with zero attached hydrogens (tertiary/aromatic N) is 1. The standard InChI is InChI=1S/C21H36NO/c1-4-5-6-7-8-9-10-11-15-18-21(23)22(2,3)19-20-16-13-12-14-17-20/h12-14,16-17H,4-11,15,18-19H2,1-3H3/q+1. The summed E-state index contributed by atoms with van der Waals surface area (Å²) in [6, 6.07) is 10.3. The van der Waals surface area contributed by atoms with E-state index in [4.69, 9.17) is 0 Å². The zero-order valence-corrected chi connectivity index (χ0v) is 15.5. The lowest BCUT2D eigenvalue weighted by Crippen LogP contribution is -2.44. The predicted molar refractivity (Wildman–Crippen MR) is 99.1 cm³/mol. The SMILES string of the molecule is CCCCCCCCCCCC(=O)[N+](C)(C)Cc1ccccc1. The Morgan fingerprint density at radius 1 is 0.826 bits per heavy atom. The second-order valence-electron chi connectivity index (χ2n) is 7.30. The largest absolute Gasteiger partial charge is 0.313 e. The third-order valence-electron chi connectivity index (χ3n) is 4.59. The van der Waals surface area contributed by atoms with Crippen LogP contribution in [0.3, 0.4) is 0 Å². The minimum absolute atomic E-state index is 0.358. The van der Waals surface area contributed by atoms with Crippen LogP contribution in [0.5, 0.6) is 0 Å². The zero-order chi connectivity index (χ0) is 17.0. The lowest BCUT2D eigenvalue weighted by Gasteiger charge is -2.27. The first-order valence-electron chi connectivity index (χ1n) is 9.46. The summed E-state index contributed by atoms with van der Waals surface area (Å²) >= 11 is 0. The van der Waals surface area contributed by atoms with Gasteiger partial charge in [0.2, 0.25) is 0 Å². The summed E-state index contributed by atoms with van der Waals surface area (Å²) in [6.07, 6.45) is 12.4. The molecule has 1 aromatic carbocycles. The van der Waals surface area contributed by atoms with Crippen LogP contribution in [0, 0.1) is 0 Å². The number of unbranched alkanes of at least 4 members (excludes halogenated alkanes) is 8. The minimum Gasteiger partial charge on any atom is -0.262 e. The molecule has 0 fully saturated rings. The van der Waals surface area contributed by atoms with E-state index in [1.54, 1.807) is 0 Å². The number of hydrogen-bond acceptors (Lipinski definition) is 1. The molecule has 0 bridgehead atoms. The highest BCUT2D eigenvalue weighted by Gasteiger charge is 2.25. The number of benzene rings is 1. The zero-order valence-electron chi connectivity index (χ0n) is 15.5. The fourth-order valence-corrected chi connectivity index (χ4v) is 3.02. The Balaban J connectivity index is 2.13. The first-order valence-corrected chi connectivity index (χ1v) is 9.46. The molecule has 0 aliphatic rings. The topological polar surface area (TPSA) is 17.1 Å². The van der Waals surface area contributed by atoms with Gasteiger partial charge in [0.1, 0.15) is 6.54 Å². The molecule has 1 aromatic rings. The number of quaternary nitrogens is 1. The van der Waals surface area contributed by atoms with Crippen LogP contribution < -0.4 is 0 Å². The molecular formula is C21H36NO+. The lowest BCUT2D eigenvalue weighted by atomic mass is 10.1. The van der Waals surface area contributed by atoms with E-state index in [0.717, 1.165) is 19.4 Å². The Hall–Kier alpha value is -1.15. The first-order chi connectivity index (χ1) is 11.1. The Morgan fingerprint density at radius 3 is 1.91 bits per heavy atom. The van der Waals surface area contributed by atoms with Crippen LogP contribution in [0.15, 0.2) is 30.3 Å². The molecule has 130 valence electrons. The van der Waals surface area contributed by atoms with Gasteiger partial charge in [-0.3, -0.25) is 4.48 Å². The number of carbonyl (C=O) groups excluding carboxylic acids is 1. The monoisotopic (exact) mass is 318 g/mol. The fraction of sp³-hybridized carbons (Fsp3) is 0.667. The average Bonchev–Trinajstić information content (AvgIpc) is 2.53. The van der Waals surface area contributed by atoms with Crippen LogP contribution in [-0.2, 0) is 11.3 Å². The number of amides is 1. The van der Waals surface area contributed by atoms with Crippen LogP contribution in [0.1, 0.15) is 76.7 Å². The van der Waals surface area contributed by atoms with E-state index in [1.807, 2.05) is 32.3 Å². The average molecular weight is 319 g/mol. The summed E-state index contributed by atoms with van der Waals surface area (Å²) in [6.45, 7) is 3.05. The smallest absolute Gasteiger partial charge is 0.262 e. The van der Waals surface area contributed by atoms with Gasteiger partial charge in [-0.05, 0) is 6.42 Å². The van der Waals surface area contributed by atoms with E-state index >= 15 is 0 Å². The van der Waals surface area contributed by atoms with Gasteiger partial charge in [0.15, 0.2) is 0 Å². The van der Waals surface area contributed by atoms with E-state index < -0.39 is 0 Å². The molecule has 0 saturated carbocycles. The van der Waals surface area contributed by atoms with Crippen molar-refractivity contribution in [2.75, 3.05) is 14.1 Å². The van der Waals surface area contributed by atoms with Crippen molar-refractivity contribution >= 4 is 5.91 Å². The summed E-state index contributed by atoms with van der Waals surface area (Å²) in [5, 5.41) is 0. The van der Waals surface area contributed by atoms with E-state index in [9.17, 15) is 4.79 Å². The van der Waals surface area contributed by atoms with Crippen molar-refractivity contribution in [2.45, 2.75) is 77.7 Å². The molecule has 0 unspecified atom stereocenters.